The number of nitrogens with one attached hydrogen (secondary N) is 1. The molecule has 4 rings (SSSR count). The van der Waals surface area contributed by atoms with E-state index >= 15 is 0 Å². The molecule has 30 heavy (non-hydrogen) atoms. The summed E-state index contributed by atoms with van der Waals surface area (Å²) < 4.78 is 27.4. The molecule has 2 amide bonds. The first kappa shape index (κ1) is 20.2. The van der Waals surface area contributed by atoms with Gasteiger partial charge in [-0.25, -0.2) is 13.3 Å². The van der Waals surface area contributed by atoms with Crippen LogP contribution in [-0.2, 0) is 19.6 Å². The van der Waals surface area contributed by atoms with Crippen LogP contribution in [0.2, 0.25) is 0 Å². The lowest BCUT2D eigenvalue weighted by Gasteiger charge is -2.14. The van der Waals surface area contributed by atoms with E-state index in [4.69, 9.17) is 0 Å². The first-order valence-corrected chi connectivity index (χ1v) is 11.6. The third-order valence-electron chi connectivity index (χ3n) is 4.56. The molecule has 8 heteroatoms. The maximum Gasteiger partial charge on any atom is 0.261 e. The van der Waals surface area contributed by atoms with Crippen LogP contribution in [0.3, 0.4) is 0 Å². The fourth-order valence-corrected chi connectivity index (χ4v) is 5.26. The topological polar surface area (TPSA) is 83.5 Å². The molecule has 0 spiro atoms. The average Bonchev–Trinajstić information content (AvgIpc) is 3.03. The van der Waals surface area contributed by atoms with Gasteiger partial charge in [-0.05, 0) is 48.5 Å². The Morgan fingerprint density at radius 3 is 2.07 bits per heavy atom. The van der Waals surface area contributed by atoms with Crippen molar-refractivity contribution in [2.75, 3.05) is 9.62 Å². The number of amides is 2. The molecule has 6 nitrogen and oxygen atoms in total. The van der Waals surface area contributed by atoms with E-state index in [2.05, 4.69) is 4.72 Å². The van der Waals surface area contributed by atoms with Crippen LogP contribution in [0.5, 0.6) is 0 Å². The van der Waals surface area contributed by atoms with Gasteiger partial charge in [-0.3, -0.25) is 14.3 Å². The number of hydrogen-bond donors (Lipinski definition) is 1. The van der Waals surface area contributed by atoms with Crippen LogP contribution in [0, 0.1) is 0 Å². The highest BCUT2D eigenvalue weighted by atomic mass is 32.2. The molecule has 1 aliphatic heterocycles. The number of sulfonamides is 1. The molecule has 152 valence electrons. The van der Waals surface area contributed by atoms with Crippen molar-refractivity contribution >= 4 is 45.0 Å². The predicted molar refractivity (Wildman–Crippen MR) is 117 cm³/mol. The lowest BCUT2D eigenvalue weighted by Crippen LogP contribution is -2.30. The normalized spacial score (nSPS) is 16.7. The van der Waals surface area contributed by atoms with Crippen molar-refractivity contribution in [2.45, 2.75) is 21.5 Å². The van der Waals surface area contributed by atoms with E-state index in [1.165, 1.54) is 28.8 Å². The highest BCUT2D eigenvalue weighted by Crippen LogP contribution is 2.34. The summed E-state index contributed by atoms with van der Waals surface area (Å²) in [6.45, 7) is 0. The van der Waals surface area contributed by atoms with Crippen molar-refractivity contribution in [3.63, 3.8) is 0 Å². The molecular formula is C22H18N2O4S2. The second kappa shape index (κ2) is 8.33. The van der Waals surface area contributed by atoms with Gasteiger partial charge in [0.05, 0.1) is 15.8 Å². The first-order valence-electron chi connectivity index (χ1n) is 9.20. The monoisotopic (exact) mass is 438 g/mol. The van der Waals surface area contributed by atoms with Crippen LogP contribution in [0.4, 0.5) is 11.4 Å². The van der Waals surface area contributed by atoms with Gasteiger partial charge in [0.25, 0.3) is 10.0 Å². The minimum atomic E-state index is -3.66. The fraction of sp³-hybridized carbons (Fsp3) is 0.0909. The van der Waals surface area contributed by atoms with Crippen molar-refractivity contribution in [1.82, 2.24) is 0 Å². The summed E-state index contributed by atoms with van der Waals surface area (Å²) in [5, 5.41) is -0.510. The van der Waals surface area contributed by atoms with Crippen molar-refractivity contribution in [2.24, 2.45) is 0 Å². The van der Waals surface area contributed by atoms with E-state index in [0.29, 0.717) is 11.4 Å². The van der Waals surface area contributed by atoms with E-state index in [0.717, 1.165) is 4.90 Å². The minimum Gasteiger partial charge on any atom is -0.280 e. The zero-order valence-electron chi connectivity index (χ0n) is 15.8. The quantitative estimate of drug-likeness (QED) is 0.590. The van der Waals surface area contributed by atoms with E-state index in [1.807, 2.05) is 6.07 Å². The van der Waals surface area contributed by atoms with E-state index in [9.17, 15) is 18.0 Å². The fourth-order valence-electron chi connectivity index (χ4n) is 3.12. The van der Waals surface area contributed by atoms with Crippen LogP contribution in [0.15, 0.2) is 94.7 Å². The highest BCUT2D eigenvalue weighted by Gasteiger charge is 2.40. The van der Waals surface area contributed by atoms with Gasteiger partial charge in [-0.15, -0.1) is 11.8 Å². The molecule has 1 atom stereocenters. The third kappa shape index (κ3) is 4.24. The van der Waals surface area contributed by atoms with Crippen molar-refractivity contribution in [3.05, 3.63) is 84.9 Å². The molecular weight excluding hydrogens is 420 g/mol. The minimum absolute atomic E-state index is 0.126. The number of benzene rings is 3. The molecule has 0 bridgehead atoms. The Balaban J connectivity index is 1.44. The molecule has 3 aromatic rings. The Morgan fingerprint density at radius 2 is 1.43 bits per heavy atom. The van der Waals surface area contributed by atoms with Crippen LogP contribution in [-0.4, -0.2) is 25.5 Å². The zero-order chi connectivity index (χ0) is 21.1. The lowest BCUT2D eigenvalue weighted by molar-refractivity contribution is -0.121. The number of para-hydroxylation sites is 1. The summed E-state index contributed by atoms with van der Waals surface area (Å²) in [6.07, 6.45) is 0.126. The average molecular weight is 439 g/mol. The summed E-state index contributed by atoms with van der Waals surface area (Å²) in [5.41, 5.74) is 0.990. The summed E-state index contributed by atoms with van der Waals surface area (Å²) in [5.74, 6) is -0.471. The molecule has 0 aromatic heterocycles. The third-order valence-corrected chi connectivity index (χ3v) is 7.15. The second-order valence-corrected chi connectivity index (χ2v) is 9.62. The maximum atomic E-state index is 12.7. The van der Waals surface area contributed by atoms with E-state index in [-0.39, 0.29) is 23.1 Å². The molecule has 0 radical (unpaired) electrons. The van der Waals surface area contributed by atoms with Crippen molar-refractivity contribution in [3.8, 4) is 0 Å². The van der Waals surface area contributed by atoms with Gasteiger partial charge in [0.1, 0.15) is 0 Å². The maximum absolute atomic E-state index is 12.7. The molecule has 0 saturated carbocycles. The summed E-state index contributed by atoms with van der Waals surface area (Å²) >= 11 is 1.30. The van der Waals surface area contributed by atoms with Crippen LogP contribution in [0.1, 0.15) is 6.42 Å². The van der Waals surface area contributed by atoms with Gasteiger partial charge in [-0.1, -0.05) is 36.4 Å². The smallest absolute Gasteiger partial charge is 0.261 e. The Labute approximate surface area is 179 Å². The van der Waals surface area contributed by atoms with Gasteiger partial charge >= 0.3 is 0 Å². The number of hydrogen-bond acceptors (Lipinski definition) is 5. The number of anilines is 2. The van der Waals surface area contributed by atoms with Gasteiger partial charge in [0, 0.05) is 17.0 Å². The molecule has 1 saturated heterocycles. The predicted octanol–water partition coefficient (Wildman–Crippen LogP) is 3.91. The van der Waals surface area contributed by atoms with E-state index < -0.39 is 15.3 Å². The Bertz CT molecular complexity index is 1160. The van der Waals surface area contributed by atoms with Gasteiger partial charge in [0.2, 0.25) is 11.8 Å². The van der Waals surface area contributed by atoms with Gasteiger partial charge < -0.3 is 0 Å². The Kier molecular flexibility index (Phi) is 5.61. The Hall–Kier alpha value is -3.10. The molecule has 1 aliphatic rings. The summed E-state index contributed by atoms with van der Waals surface area (Å²) in [6, 6.07) is 23.7. The second-order valence-electron chi connectivity index (χ2n) is 6.66. The lowest BCUT2D eigenvalue weighted by atomic mass is 10.3. The van der Waals surface area contributed by atoms with Gasteiger partial charge in [-0.2, -0.15) is 0 Å². The largest absolute Gasteiger partial charge is 0.280 e. The van der Waals surface area contributed by atoms with E-state index in [1.54, 1.807) is 66.7 Å². The van der Waals surface area contributed by atoms with Crippen molar-refractivity contribution in [1.29, 1.82) is 0 Å². The molecule has 1 fully saturated rings. The van der Waals surface area contributed by atoms with Crippen molar-refractivity contribution < 1.29 is 18.0 Å². The van der Waals surface area contributed by atoms with Gasteiger partial charge in [0.15, 0.2) is 0 Å². The number of rotatable bonds is 6. The highest BCUT2D eigenvalue weighted by molar-refractivity contribution is 8.00. The molecule has 1 N–H and O–H groups in total. The SMILES string of the molecule is O=C1C[C@H](Sc2ccc(NS(=O)(=O)c3ccccc3)cc2)C(=O)N1c1ccccc1. The first-order chi connectivity index (χ1) is 14.4. The molecule has 0 unspecified atom stereocenters. The summed E-state index contributed by atoms with van der Waals surface area (Å²) in [7, 11) is -3.66. The van der Waals surface area contributed by atoms with Crippen LogP contribution >= 0.6 is 11.8 Å². The number of thioether (sulfide) groups is 1. The number of imide groups is 1. The number of nitrogens with zero attached hydrogens (tertiary/aromatic N) is 1. The number of carbonyl (C=O) groups is 2. The Morgan fingerprint density at radius 1 is 0.833 bits per heavy atom. The van der Waals surface area contributed by atoms with Crippen LogP contribution < -0.4 is 9.62 Å². The molecule has 3 aromatic carbocycles. The molecule has 0 aliphatic carbocycles. The zero-order valence-corrected chi connectivity index (χ0v) is 17.4. The van der Waals surface area contributed by atoms with Crippen LogP contribution in [0.25, 0.3) is 0 Å². The molecule has 1 heterocycles. The standard InChI is InChI=1S/C22H18N2O4S2/c25-21-15-20(22(26)24(21)17-7-3-1-4-8-17)29-18-13-11-16(12-14-18)23-30(27,28)19-9-5-2-6-10-19/h1-14,20,23H,15H2/t20-/m0/s1. The summed E-state index contributed by atoms with van der Waals surface area (Å²) in [4.78, 5) is 27.3. The number of carbonyl (C=O) groups excluding carboxylic acids is 2.